The molecule has 3 saturated heterocycles. The van der Waals surface area contributed by atoms with E-state index in [2.05, 4.69) is 21.6 Å². The van der Waals surface area contributed by atoms with Gasteiger partial charge in [-0.15, -0.1) is 0 Å². The maximum Gasteiger partial charge on any atom is 0.255 e. The second-order valence-corrected chi connectivity index (χ2v) is 10.8. The van der Waals surface area contributed by atoms with Crippen molar-refractivity contribution in [3.63, 3.8) is 0 Å². The second kappa shape index (κ2) is 11.4. The summed E-state index contributed by atoms with van der Waals surface area (Å²) in [4.78, 5) is 36.2. The minimum Gasteiger partial charge on any atom is -0.378 e. The Morgan fingerprint density at radius 1 is 0.950 bits per heavy atom. The Hall–Kier alpha value is -3.79. The summed E-state index contributed by atoms with van der Waals surface area (Å²) in [5.41, 5.74) is 3.31. The monoisotopic (exact) mass is 545 g/mol. The zero-order valence-electron chi connectivity index (χ0n) is 23.2. The number of carbonyl (C=O) groups is 1. The average molecular weight is 546 g/mol. The number of halogens is 1. The van der Waals surface area contributed by atoms with Gasteiger partial charge >= 0.3 is 0 Å². The third-order valence-corrected chi connectivity index (χ3v) is 8.15. The molecule has 1 aromatic carbocycles. The first-order valence-electron chi connectivity index (χ1n) is 14.2. The van der Waals surface area contributed by atoms with Gasteiger partial charge in [0.05, 0.1) is 24.5 Å². The highest BCUT2D eigenvalue weighted by molar-refractivity contribution is 5.94. The van der Waals surface area contributed by atoms with Crippen LogP contribution in [0, 0.1) is 12.7 Å². The van der Waals surface area contributed by atoms with E-state index in [1.54, 1.807) is 18.3 Å². The van der Waals surface area contributed by atoms with E-state index in [1.165, 1.54) is 12.1 Å². The lowest BCUT2D eigenvalue weighted by Gasteiger charge is -2.37. The van der Waals surface area contributed by atoms with Crippen LogP contribution in [0.3, 0.4) is 0 Å². The Morgan fingerprint density at radius 3 is 2.35 bits per heavy atom. The van der Waals surface area contributed by atoms with Crippen molar-refractivity contribution >= 4 is 23.5 Å². The lowest BCUT2D eigenvalue weighted by atomic mass is 10.1. The highest BCUT2D eigenvalue weighted by Gasteiger charge is 2.27. The number of anilines is 3. The van der Waals surface area contributed by atoms with Gasteiger partial charge in [-0.3, -0.25) is 4.79 Å². The maximum atomic E-state index is 13.6. The van der Waals surface area contributed by atoms with Gasteiger partial charge in [0.2, 0.25) is 5.95 Å². The van der Waals surface area contributed by atoms with Crippen molar-refractivity contribution in [2.24, 2.45) is 0 Å². The van der Waals surface area contributed by atoms with Gasteiger partial charge in [-0.1, -0.05) is 0 Å². The molecule has 3 aromatic rings. The molecule has 5 heterocycles. The lowest BCUT2D eigenvalue weighted by molar-refractivity contribution is 0.0302. The number of amides is 1. The Labute approximate surface area is 234 Å². The van der Waals surface area contributed by atoms with Crippen LogP contribution in [0.2, 0.25) is 0 Å². The van der Waals surface area contributed by atoms with Crippen molar-refractivity contribution in [1.82, 2.24) is 19.9 Å². The molecule has 0 aliphatic carbocycles. The standard InChI is InChI=1S/C30H36FN7O2/c1-21-18-24(29(39)37-14-16-40-17-15-37)20-32-28(21)36-12-10-35(11-13-36)27-19-26(23-5-7-25(31)8-6-23)33-30(34-27)38-9-3-4-22(38)2/h5-8,18-20,22H,3-4,9-17H2,1-2H3. The average Bonchev–Trinajstić information content (AvgIpc) is 3.43. The number of aryl methyl sites for hydroxylation is 1. The van der Waals surface area contributed by atoms with Crippen molar-refractivity contribution in [2.45, 2.75) is 32.7 Å². The van der Waals surface area contributed by atoms with Gasteiger partial charge in [-0.25, -0.2) is 14.4 Å². The molecule has 6 rings (SSSR count). The summed E-state index contributed by atoms with van der Waals surface area (Å²) in [5, 5.41) is 0. The van der Waals surface area contributed by atoms with E-state index >= 15 is 0 Å². The summed E-state index contributed by atoms with van der Waals surface area (Å²) in [7, 11) is 0. The van der Waals surface area contributed by atoms with Crippen LogP contribution < -0.4 is 14.7 Å². The molecular formula is C30H36FN7O2. The van der Waals surface area contributed by atoms with Crippen LogP contribution in [0.25, 0.3) is 11.3 Å². The SMILES string of the molecule is Cc1cc(C(=O)N2CCOCC2)cnc1N1CCN(c2cc(-c3ccc(F)cc3)nc(N3CCCC3C)n2)CC1. The molecular weight excluding hydrogens is 509 g/mol. The van der Waals surface area contributed by atoms with Gasteiger partial charge in [0.15, 0.2) is 0 Å². The first-order valence-corrected chi connectivity index (χ1v) is 14.2. The summed E-state index contributed by atoms with van der Waals surface area (Å²) in [6.07, 6.45) is 3.96. The number of pyridine rings is 1. The van der Waals surface area contributed by atoms with Gasteiger partial charge in [0.25, 0.3) is 5.91 Å². The molecule has 0 spiro atoms. The molecule has 3 fully saturated rings. The Balaban J connectivity index is 1.19. The maximum absolute atomic E-state index is 13.6. The summed E-state index contributed by atoms with van der Waals surface area (Å²) in [5.74, 6) is 2.30. The molecule has 9 nitrogen and oxygen atoms in total. The third-order valence-electron chi connectivity index (χ3n) is 8.15. The van der Waals surface area contributed by atoms with Gasteiger partial charge in [0.1, 0.15) is 17.5 Å². The number of hydrogen-bond acceptors (Lipinski definition) is 8. The minimum atomic E-state index is -0.259. The van der Waals surface area contributed by atoms with Crippen molar-refractivity contribution < 1.29 is 13.9 Å². The molecule has 210 valence electrons. The second-order valence-electron chi connectivity index (χ2n) is 10.8. The van der Waals surface area contributed by atoms with Crippen molar-refractivity contribution in [3.05, 3.63) is 59.5 Å². The summed E-state index contributed by atoms with van der Waals surface area (Å²) in [6, 6.07) is 10.9. The molecule has 0 N–H and O–H groups in total. The van der Waals surface area contributed by atoms with E-state index in [0.717, 1.165) is 80.0 Å². The van der Waals surface area contributed by atoms with Crippen LogP contribution in [-0.2, 0) is 4.74 Å². The molecule has 3 aliphatic heterocycles. The molecule has 3 aliphatic rings. The molecule has 1 atom stereocenters. The predicted octanol–water partition coefficient (Wildman–Crippen LogP) is 3.77. The topological polar surface area (TPSA) is 77.9 Å². The molecule has 1 unspecified atom stereocenters. The lowest BCUT2D eigenvalue weighted by Crippen LogP contribution is -2.47. The number of piperazine rings is 1. The van der Waals surface area contributed by atoms with E-state index in [4.69, 9.17) is 19.7 Å². The number of hydrogen-bond donors (Lipinski definition) is 0. The Morgan fingerprint density at radius 2 is 1.68 bits per heavy atom. The summed E-state index contributed by atoms with van der Waals surface area (Å²) in [6.45, 7) is 10.7. The van der Waals surface area contributed by atoms with E-state index in [9.17, 15) is 9.18 Å². The fraction of sp³-hybridized carbons (Fsp3) is 0.467. The fourth-order valence-corrected chi connectivity index (χ4v) is 5.82. The van der Waals surface area contributed by atoms with Crippen LogP contribution in [0.4, 0.5) is 22.0 Å². The quantitative estimate of drug-likeness (QED) is 0.480. The number of carbonyl (C=O) groups excluding carboxylic acids is 1. The van der Waals surface area contributed by atoms with Crippen molar-refractivity contribution in [1.29, 1.82) is 0 Å². The number of aromatic nitrogens is 3. The fourth-order valence-electron chi connectivity index (χ4n) is 5.82. The molecule has 0 bridgehead atoms. The molecule has 40 heavy (non-hydrogen) atoms. The van der Waals surface area contributed by atoms with Crippen LogP contribution in [0.15, 0.2) is 42.6 Å². The van der Waals surface area contributed by atoms with Crippen molar-refractivity contribution in [2.75, 3.05) is 73.7 Å². The summed E-state index contributed by atoms with van der Waals surface area (Å²) >= 11 is 0. The highest BCUT2D eigenvalue weighted by Crippen LogP contribution is 2.30. The largest absolute Gasteiger partial charge is 0.378 e. The summed E-state index contributed by atoms with van der Waals surface area (Å²) < 4.78 is 19.0. The van der Waals surface area contributed by atoms with Crippen LogP contribution in [0.1, 0.15) is 35.7 Å². The van der Waals surface area contributed by atoms with Gasteiger partial charge < -0.3 is 24.3 Å². The van der Waals surface area contributed by atoms with E-state index in [1.807, 2.05) is 24.0 Å². The van der Waals surface area contributed by atoms with Crippen LogP contribution in [0.5, 0.6) is 0 Å². The molecule has 2 aromatic heterocycles. The number of morpholine rings is 1. The zero-order valence-corrected chi connectivity index (χ0v) is 23.2. The third kappa shape index (κ3) is 5.45. The van der Waals surface area contributed by atoms with E-state index < -0.39 is 0 Å². The molecule has 10 heteroatoms. The molecule has 0 radical (unpaired) electrons. The van der Waals surface area contributed by atoms with Crippen LogP contribution >= 0.6 is 0 Å². The minimum absolute atomic E-state index is 0.0131. The van der Waals surface area contributed by atoms with Crippen LogP contribution in [-0.4, -0.2) is 90.8 Å². The van der Waals surface area contributed by atoms with Gasteiger partial charge in [-0.2, -0.15) is 4.98 Å². The number of ether oxygens (including phenoxy) is 1. The predicted molar refractivity (Wildman–Crippen MR) is 154 cm³/mol. The Kier molecular flexibility index (Phi) is 7.51. The van der Waals surface area contributed by atoms with Crippen molar-refractivity contribution in [3.8, 4) is 11.3 Å². The molecule has 1 amide bonds. The zero-order chi connectivity index (χ0) is 27.6. The number of rotatable bonds is 5. The number of benzene rings is 1. The first kappa shape index (κ1) is 26.4. The first-order chi connectivity index (χ1) is 19.5. The molecule has 0 saturated carbocycles. The number of nitrogens with zero attached hydrogens (tertiary/aromatic N) is 7. The van der Waals surface area contributed by atoms with Gasteiger partial charge in [-0.05, 0) is 62.6 Å². The highest BCUT2D eigenvalue weighted by atomic mass is 19.1. The Bertz CT molecular complexity index is 1350. The normalized spacial score (nSPS) is 19.8. The van der Waals surface area contributed by atoms with E-state index in [0.29, 0.717) is 37.9 Å². The van der Waals surface area contributed by atoms with E-state index in [-0.39, 0.29) is 11.7 Å². The van der Waals surface area contributed by atoms with Gasteiger partial charge in [0, 0.05) is 69.7 Å². The smallest absolute Gasteiger partial charge is 0.255 e.